The first-order valence-corrected chi connectivity index (χ1v) is 17.0. The van der Waals surface area contributed by atoms with E-state index in [0.29, 0.717) is 23.7 Å². The molecule has 45 heavy (non-hydrogen) atoms. The van der Waals surface area contributed by atoms with Crippen molar-refractivity contribution in [1.82, 2.24) is 4.98 Å². The van der Waals surface area contributed by atoms with Gasteiger partial charge in [0.25, 0.3) is 0 Å². The van der Waals surface area contributed by atoms with Crippen LogP contribution in [0.1, 0.15) is 63.6 Å². The summed E-state index contributed by atoms with van der Waals surface area (Å²) in [6.45, 7) is 5.01. The second kappa shape index (κ2) is 10.4. The van der Waals surface area contributed by atoms with Gasteiger partial charge in [0, 0.05) is 18.3 Å². The number of benzene rings is 1. The van der Waals surface area contributed by atoms with Crippen molar-refractivity contribution in [3.05, 3.63) is 159 Å². The van der Waals surface area contributed by atoms with E-state index in [1.54, 1.807) is 22.3 Å². The molecule has 1 aromatic carbocycles. The number of fused-ring (bicyclic) bond motifs is 3. The highest BCUT2D eigenvalue weighted by atomic mass is 14.7. The molecule has 0 spiro atoms. The van der Waals surface area contributed by atoms with Crippen molar-refractivity contribution >= 4 is 17.4 Å². The quantitative estimate of drug-likeness (QED) is 0.351. The third kappa shape index (κ3) is 4.29. The van der Waals surface area contributed by atoms with Gasteiger partial charge in [0.2, 0.25) is 0 Å². The smallest absolute Gasteiger partial charge is 0.0661 e. The Morgan fingerprint density at radius 1 is 0.778 bits per heavy atom. The van der Waals surface area contributed by atoms with E-state index in [9.17, 15) is 0 Å². The minimum atomic E-state index is 0.0516. The summed E-state index contributed by atoms with van der Waals surface area (Å²) < 4.78 is 0. The Balaban J connectivity index is 1.20. The van der Waals surface area contributed by atoms with Crippen LogP contribution in [0, 0.1) is 29.1 Å². The molecular weight excluding hydrogens is 544 g/mol. The number of hydrogen-bond donors (Lipinski definition) is 0. The molecule has 2 nitrogen and oxygen atoms in total. The summed E-state index contributed by atoms with van der Waals surface area (Å²) in [5.41, 5.74) is 17.2. The van der Waals surface area contributed by atoms with Crippen LogP contribution in [0.3, 0.4) is 0 Å². The highest BCUT2D eigenvalue weighted by Crippen LogP contribution is 2.66. The molecule has 4 atom stereocenters. The predicted octanol–water partition coefficient (Wildman–Crippen LogP) is 10.4. The molecule has 0 amide bonds. The fraction of sp³-hybridized carbons (Fsp3) is 0.302. The number of aliphatic imine (C=N–C) groups is 1. The molecule has 0 saturated carbocycles. The molecule has 0 saturated heterocycles. The summed E-state index contributed by atoms with van der Waals surface area (Å²) in [4.78, 5) is 9.77. The van der Waals surface area contributed by atoms with Crippen molar-refractivity contribution in [1.29, 1.82) is 0 Å². The molecule has 2 heteroatoms. The Hall–Kier alpha value is -4.30. The van der Waals surface area contributed by atoms with Crippen LogP contribution in [0.2, 0.25) is 0 Å². The minimum absolute atomic E-state index is 0.0516. The van der Waals surface area contributed by atoms with Crippen LogP contribution < -0.4 is 0 Å². The molecule has 9 rings (SSSR count). The van der Waals surface area contributed by atoms with E-state index in [2.05, 4.69) is 111 Å². The van der Waals surface area contributed by atoms with Gasteiger partial charge in [-0.2, -0.15) is 0 Å². The molecule has 4 unspecified atom stereocenters. The zero-order chi connectivity index (χ0) is 30.1. The van der Waals surface area contributed by atoms with Crippen LogP contribution in [0.4, 0.5) is 0 Å². The number of rotatable bonds is 4. The zero-order valence-corrected chi connectivity index (χ0v) is 26.3. The third-order valence-electron chi connectivity index (χ3n) is 11.6. The van der Waals surface area contributed by atoms with Crippen molar-refractivity contribution in [2.45, 2.75) is 52.4 Å². The van der Waals surface area contributed by atoms with Crippen LogP contribution >= 0.6 is 0 Å². The highest BCUT2D eigenvalue weighted by Gasteiger charge is 2.54. The molecular formula is C43H40N2. The maximum absolute atomic E-state index is 4.93. The Bertz CT molecular complexity index is 1910. The minimum Gasteiger partial charge on any atom is -0.261 e. The molecule has 2 aromatic rings. The van der Waals surface area contributed by atoms with Crippen LogP contribution in [0.25, 0.3) is 11.1 Å². The van der Waals surface area contributed by atoms with E-state index in [4.69, 9.17) is 9.98 Å². The van der Waals surface area contributed by atoms with Gasteiger partial charge >= 0.3 is 0 Å². The Labute approximate surface area is 267 Å². The van der Waals surface area contributed by atoms with E-state index in [1.165, 1.54) is 39.1 Å². The average molecular weight is 585 g/mol. The van der Waals surface area contributed by atoms with Gasteiger partial charge in [-0.3, -0.25) is 9.98 Å². The van der Waals surface area contributed by atoms with E-state index in [-0.39, 0.29) is 5.41 Å². The van der Waals surface area contributed by atoms with Gasteiger partial charge < -0.3 is 0 Å². The average Bonchev–Trinajstić information content (AvgIpc) is 3.34. The van der Waals surface area contributed by atoms with Gasteiger partial charge in [-0.15, -0.1) is 0 Å². The molecule has 0 fully saturated rings. The monoisotopic (exact) mass is 584 g/mol. The number of hydrogen-bond acceptors (Lipinski definition) is 2. The lowest BCUT2D eigenvalue weighted by Gasteiger charge is -2.45. The van der Waals surface area contributed by atoms with E-state index < -0.39 is 0 Å². The topological polar surface area (TPSA) is 25.2 Å². The maximum atomic E-state index is 4.93. The summed E-state index contributed by atoms with van der Waals surface area (Å²) in [5.74, 6) is 1.73. The van der Waals surface area contributed by atoms with Crippen LogP contribution in [0.5, 0.6) is 0 Å². The van der Waals surface area contributed by atoms with E-state index >= 15 is 0 Å². The molecule has 0 bridgehead atoms. The van der Waals surface area contributed by atoms with Gasteiger partial charge in [0.05, 0.1) is 11.4 Å². The lowest BCUT2D eigenvalue weighted by atomic mass is 9.59. The second-order valence-corrected chi connectivity index (χ2v) is 14.3. The second-order valence-electron chi connectivity index (χ2n) is 14.3. The summed E-state index contributed by atoms with van der Waals surface area (Å²) in [6.07, 6.45) is 30.6. The lowest BCUT2D eigenvalue weighted by molar-refractivity contribution is 0.321. The van der Waals surface area contributed by atoms with E-state index in [0.717, 1.165) is 44.2 Å². The lowest BCUT2D eigenvalue weighted by Crippen LogP contribution is -2.34. The summed E-state index contributed by atoms with van der Waals surface area (Å²) in [5, 5.41) is 0. The molecule has 1 aromatic heterocycles. The summed E-state index contributed by atoms with van der Waals surface area (Å²) in [6, 6.07) is 17.3. The largest absolute Gasteiger partial charge is 0.261 e. The fourth-order valence-electron chi connectivity index (χ4n) is 9.31. The van der Waals surface area contributed by atoms with Crippen molar-refractivity contribution < 1.29 is 0 Å². The highest BCUT2D eigenvalue weighted by molar-refractivity contribution is 5.77. The molecule has 6 aliphatic carbocycles. The fourth-order valence-corrected chi connectivity index (χ4v) is 9.31. The summed E-state index contributed by atoms with van der Waals surface area (Å²) in [7, 11) is 0. The molecule has 2 heterocycles. The van der Waals surface area contributed by atoms with Crippen molar-refractivity contribution in [2.75, 3.05) is 0 Å². The molecule has 7 aliphatic rings. The van der Waals surface area contributed by atoms with E-state index in [1.807, 2.05) is 12.3 Å². The van der Waals surface area contributed by atoms with Gasteiger partial charge in [-0.1, -0.05) is 98.9 Å². The van der Waals surface area contributed by atoms with Crippen molar-refractivity contribution in [3.63, 3.8) is 0 Å². The first kappa shape index (κ1) is 27.0. The van der Waals surface area contributed by atoms with Crippen molar-refractivity contribution in [3.8, 4) is 0 Å². The van der Waals surface area contributed by atoms with Gasteiger partial charge in [-0.05, 0) is 130 Å². The first-order valence-electron chi connectivity index (χ1n) is 17.0. The standard InChI is InChI=1S/C43H40N2/c1-43(2)37-25-31(39-15-6-8-19-44-39)23-35-33-18-17-30(29-14-10-13-28(21-29)27-11-4-3-5-12-27)22-34(33)36-24-32(40-16-7-9-20-45-40)26-38(43)42(36)41(35)37/h3-6,8,11-12,14-22,24-25,33-35,38H,7,9-10,13,23,26H2,1-2H3. The Kier molecular flexibility index (Phi) is 6.24. The molecule has 222 valence electrons. The van der Waals surface area contributed by atoms with Crippen LogP contribution in [0.15, 0.2) is 153 Å². The third-order valence-corrected chi connectivity index (χ3v) is 11.6. The van der Waals surface area contributed by atoms with Crippen molar-refractivity contribution in [2.24, 2.45) is 34.1 Å². The normalized spacial score (nSPS) is 29.2. The molecule has 1 aliphatic heterocycles. The Morgan fingerprint density at radius 3 is 2.49 bits per heavy atom. The summed E-state index contributed by atoms with van der Waals surface area (Å²) >= 11 is 0. The van der Waals surface area contributed by atoms with Gasteiger partial charge in [0.1, 0.15) is 0 Å². The zero-order valence-electron chi connectivity index (χ0n) is 26.3. The predicted molar refractivity (Wildman–Crippen MR) is 186 cm³/mol. The maximum Gasteiger partial charge on any atom is 0.0661 e. The van der Waals surface area contributed by atoms with Gasteiger partial charge in [-0.25, -0.2) is 0 Å². The van der Waals surface area contributed by atoms with Crippen LogP contribution in [-0.2, 0) is 0 Å². The number of allylic oxidation sites excluding steroid dienone is 17. The van der Waals surface area contributed by atoms with Gasteiger partial charge in [0.15, 0.2) is 0 Å². The van der Waals surface area contributed by atoms with Crippen LogP contribution in [-0.4, -0.2) is 11.2 Å². The number of nitrogens with zero attached hydrogens (tertiary/aromatic N) is 2. The first-order chi connectivity index (χ1) is 22.1. The SMILES string of the molecule is CC1(C)C2=C3C4=C(C=C(C5=CCCC=N5)CC41)C1C=C(C4=CCCC(c5ccccc5)=C4)C=CC1C3CC(c1ccccn1)=C2. The molecule has 0 radical (unpaired) electrons. The number of pyridine rings is 1. The number of aromatic nitrogens is 1. The molecule has 0 N–H and O–H groups in total. The Morgan fingerprint density at radius 2 is 1.67 bits per heavy atom.